The highest BCUT2D eigenvalue weighted by Crippen LogP contribution is 2.16. The highest BCUT2D eigenvalue weighted by Gasteiger charge is 2.11. The van der Waals surface area contributed by atoms with Gasteiger partial charge in [-0.25, -0.2) is 0 Å². The molecule has 2 aromatic carbocycles. The number of benzene rings is 2. The van der Waals surface area contributed by atoms with Gasteiger partial charge in [0.1, 0.15) is 18.1 Å². The Labute approximate surface area is 179 Å². The van der Waals surface area contributed by atoms with Crippen molar-refractivity contribution < 1.29 is 14.3 Å². The van der Waals surface area contributed by atoms with E-state index >= 15 is 0 Å². The standard InChI is InChI=1S/C23H32N4O3/c1-5-27(6-2)22(28)19-9-7-18(8-10-19)17-26-23(24-3)25-15-16-30-21-13-11-20(29-4)12-14-21/h7-14H,5-6,15-17H2,1-4H3,(H2,24,25,26). The summed E-state index contributed by atoms with van der Waals surface area (Å²) in [6.45, 7) is 7.13. The minimum Gasteiger partial charge on any atom is -0.497 e. The summed E-state index contributed by atoms with van der Waals surface area (Å²) in [5, 5.41) is 6.49. The summed E-state index contributed by atoms with van der Waals surface area (Å²) in [7, 11) is 3.37. The molecule has 0 saturated heterocycles. The fourth-order valence-corrected chi connectivity index (χ4v) is 2.88. The first-order valence-electron chi connectivity index (χ1n) is 10.2. The Hall–Kier alpha value is -3.22. The predicted octanol–water partition coefficient (Wildman–Crippen LogP) is 2.92. The Morgan fingerprint density at radius 2 is 1.60 bits per heavy atom. The summed E-state index contributed by atoms with van der Waals surface area (Å²) in [4.78, 5) is 18.4. The Balaban J connectivity index is 1.74. The van der Waals surface area contributed by atoms with Gasteiger partial charge in [0.2, 0.25) is 0 Å². The van der Waals surface area contributed by atoms with Crippen LogP contribution in [-0.4, -0.2) is 57.2 Å². The number of rotatable bonds is 10. The van der Waals surface area contributed by atoms with Crippen LogP contribution in [0.4, 0.5) is 0 Å². The Morgan fingerprint density at radius 3 is 2.17 bits per heavy atom. The third-order valence-electron chi connectivity index (χ3n) is 4.66. The molecule has 162 valence electrons. The molecule has 7 heteroatoms. The van der Waals surface area contributed by atoms with Gasteiger partial charge in [-0.15, -0.1) is 0 Å². The van der Waals surface area contributed by atoms with Crippen molar-refractivity contribution in [1.29, 1.82) is 0 Å². The number of carbonyl (C=O) groups is 1. The van der Waals surface area contributed by atoms with E-state index in [-0.39, 0.29) is 5.91 Å². The van der Waals surface area contributed by atoms with Crippen LogP contribution in [0.3, 0.4) is 0 Å². The van der Waals surface area contributed by atoms with Crippen LogP contribution < -0.4 is 20.1 Å². The van der Waals surface area contributed by atoms with Crippen LogP contribution in [-0.2, 0) is 6.54 Å². The molecule has 0 spiro atoms. The maximum Gasteiger partial charge on any atom is 0.253 e. The lowest BCUT2D eigenvalue weighted by molar-refractivity contribution is 0.0773. The molecular formula is C23H32N4O3. The van der Waals surface area contributed by atoms with E-state index in [0.717, 1.165) is 17.1 Å². The van der Waals surface area contributed by atoms with E-state index in [2.05, 4.69) is 15.6 Å². The lowest BCUT2D eigenvalue weighted by Gasteiger charge is -2.18. The number of aliphatic imine (C=N–C) groups is 1. The number of methoxy groups -OCH3 is 1. The number of amides is 1. The Kier molecular flexibility index (Phi) is 9.51. The van der Waals surface area contributed by atoms with Crippen LogP contribution in [0, 0.1) is 0 Å². The van der Waals surface area contributed by atoms with Crippen LogP contribution in [0.25, 0.3) is 0 Å². The highest BCUT2D eigenvalue weighted by atomic mass is 16.5. The van der Waals surface area contributed by atoms with Crippen molar-refractivity contribution in [2.45, 2.75) is 20.4 Å². The fourth-order valence-electron chi connectivity index (χ4n) is 2.88. The molecule has 0 aliphatic carbocycles. The molecule has 7 nitrogen and oxygen atoms in total. The zero-order chi connectivity index (χ0) is 21.8. The van der Waals surface area contributed by atoms with Gasteiger partial charge in [0.25, 0.3) is 5.91 Å². The normalized spacial score (nSPS) is 11.0. The quantitative estimate of drug-likeness (QED) is 0.357. The van der Waals surface area contributed by atoms with Crippen molar-refractivity contribution in [1.82, 2.24) is 15.5 Å². The Morgan fingerprint density at radius 1 is 0.967 bits per heavy atom. The fraction of sp³-hybridized carbons (Fsp3) is 0.391. The molecule has 1 amide bonds. The van der Waals surface area contributed by atoms with E-state index in [1.54, 1.807) is 14.2 Å². The first-order valence-corrected chi connectivity index (χ1v) is 10.2. The maximum atomic E-state index is 12.4. The Bertz CT molecular complexity index is 800. The van der Waals surface area contributed by atoms with Crippen LogP contribution in [0.5, 0.6) is 11.5 Å². The second-order valence-electron chi connectivity index (χ2n) is 6.55. The number of nitrogens with zero attached hydrogens (tertiary/aromatic N) is 2. The summed E-state index contributed by atoms with van der Waals surface area (Å²) in [5.74, 6) is 2.35. The van der Waals surface area contributed by atoms with E-state index in [4.69, 9.17) is 9.47 Å². The molecule has 2 aromatic rings. The highest BCUT2D eigenvalue weighted by molar-refractivity contribution is 5.94. The summed E-state index contributed by atoms with van der Waals surface area (Å²) in [6.07, 6.45) is 0. The van der Waals surface area contributed by atoms with Crippen molar-refractivity contribution >= 4 is 11.9 Å². The second-order valence-corrected chi connectivity index (χ2v) is 6.55. The number of carbonyl (C=O) groups excluding carboxylic acids is 1. The van der Waals surface area contributed by atoms with E-state index in [9.17, 15) is 4.79 Å². The molecule has 2 rings (SSSR count). The van der Waals surface area contributed by atoms with Gasteiger partial charge in [0.15, 0.2) is 5.96 Å². The molecule has 0 radical (unpaired) electrons. The van der Waals surface area contributed by atoms with Crippen molar-refractivity contribution in [3.8, 4) is 11.5 Å². The number of nitrogens with one attached hydrogen (secondary N) is 2. The molecular weight excluding hydrogens is 380 g/mol. The number of ether oxygens (including phenoxy) is 2. The first kappa shape index (κ1) is 23.1. The van der Waals surface area contributed by atoms with E-state index < -0.39 is 0 Å². The molecule has 0 aliphatic heterocycles. The third kappa shape index (κ3) is 6.99. The summed E-state index contributed by atoms with van der Waals surface area (Å²) >= 11 is 0. The molecule has 0 bridgehead atoms. The topological polar surface area (TPSA) is 75.2 Å². The SMILES string of the molecule is CCN(CC)C(=O)c1ccc(CNC(=NC)NCCOc2ccc(OC)cc2)cc1. The number of hydrogen-bond acceptors (Lipinski definition) is 4. The first-order chi connectivity index (χ1) is 14.6. The summed E-state index contributed by atoms with van der Waals surface area (Å²) in [5.41, 5.74) is 1.78. The van der Waals surface area contributed by atoms with E-state index in [0.29, 0.717) is 44.3 Å². The third-order valence-corrected chi connectivity index (χ3v) is 4.66. The molecule has 0 heterocycles. The van der Waals surface area contributed by atoms with Crippen molar-refractivity contribution in [2.24, 2.45) is 4.99 Å². The molecule has 0 saturated carbocycles. The van der Waals surface area contributed by atoms with Gasteiger partial charge in [-0.1, -0.05) is 12.1 Å². The molecule has 0 aliphatic rings. The van der Waals surface area contributed by atoms with Gasteiger partial charge < -0.3 is 25.0 Å². The van der Waals surface area contributed by atoms with Crippen LogP contribution in [0.1, 0.15) is 29.8 Å². The van der Waals surface area contributed by atoms with E-state index in [1.807, 2.05) is 67.3 Å². The zero-order valence-corrected chi connectivity index (χ0v) is 18.3. The van der Waals surface area contributed by atoms with Gasteiger partial charge >= 0.3 is 0 Å². The average molecular weight is 413 g/mol. The lowest BCUT2D eigenvalue weighted by Crippen LogP contribution is -2.38. The predicted molar refractivity (Wildman–Crippen MR) is 120 cm³/mol. The van der Waals surface area contributed by atoms with Crippen molar-refractivity contribution in [3.63, 3.8) is 0 Å². The van der Waals surface area contributed by atoms with Gasteiger partial charge in [-0.2, -0.15) is 0 Å². The van der Waals surface area contributed by atoms with Gasteiger partial charge in [0, 0.05) is 32.2 Å². The van der Waals surface area contributed by atoms with Crippen LogP contribution >= 0.6 is 0 Å². The molecule has 0 unspecified atom stereocenters. The average Bonchev–Trinajstić information content (AvgIpc) is 2.80. The van der Waals surface area contributed by atoms with Gasteiger partial charge in [0.05, 0.1) is 13.7 Å². The number of hydrogen-bond donors (Lipinski definition) is 2. The summed E-state index contributed by atoms with van der Waals surface area (Å²) < 4.78 is 10.8. The van der Waals surface area contributed by atoms with E-state index in [1.165, 1.54) is 0 Å². The minimum atomic E-state index is 0.0637. The van der Waals surface area contributed by atoms with Crippen LogP contribution in [0.2, 0.25) is 0 Å². The van der Waals surface area contributed by atoms with Crippen molar-refractivity contribution in [3.05, 3.63) is 59.7 Å². The molecule has 30 heavy (non-hydrogen) atoms. The maximum absolute atomic E-state index is 12.4. The van der Waals surface area contributed by atoms with Gasteiger partial charge in [-0.3, -0.25) is 9.79 Å². The molecule has 2 N–H and O–H groups in total. The van der Waals surface area contributed by atoms with Gasteiger partial charge in [-0.05, 0) is 55.8 Å². The monoisotopic (exact) mass is 412 g/mol. The largest absolute Gasteiger partial charge is 0.497 e. The number of guanidine groups is 1. The zero-order valence-electron chi connectivity index (χ0n) is 18.3. The minimum absolute atomic E-state index is 0.0637. The van der Waals surface area contributed by atoms with Crippen molar-refractivity contribution in [2.75, 3.05) is 40.4 Å². The molecule has 0 aromatic heterocycles. The second kappa shape index (κ2) is 12.4. The molecule has 0 fully saturated rings. The molecule has 0 atom stereocenters. The summed E-state index contributed by atoms with van der Waals surface area (Å²) in [6, 6.07) is 15.1. The smallest absolute Gasteiger partial charge is 0.253 e. The lowest BCUT2D eigenvalue weighted by atomic mass is 10.1. The van der Waals surface area contributed by atoms with Crippen LogP contribution in [0.15, 0.2) is 53.5 Å².